The summed E-state index contributed by atoms with van der Waals surface area (Å²) in [6, 6.07) is 40.0. The zero-order chi connectivity index (χ0) is 26.3. The van der Waals surface area contributed by atoms with Gasteiger partial charge < -0.3 is 5.32 Å². The number of thioether (sulfide) groups is 1. The molecule has 0 saturated heterocycles. The molecule has 38 heavy (non-hydrogen) atoms. The number of hydrogen-bond donors (Lipinski definition) is 1. The standard InChI is InChI=1S/C33H25N3OS/c1-23-16-18-25(19-17-23)28-20-31(26-12-6-3-7-13-26)36-33(29(28)21-34)38-22-32(37)35-30-15-9-8-14-27(30)24-10-4-2-5-11-24/h2-20H,22H2,1H3,(H,35,37). The van der Waals surface area contributed by atoms with Crippen molar-refractivity contribution in [3.8, 4) is 39.6 Å². The Morgan fingerprint density at radius 3 is 2.08 bits per heavy atom. The molecule has 4 nitrogen and oxygen atoms in total. The van der Waals surface area contributed by atoms with E-state index in [0.717, 1.165) is 44.8 Å². The van der Waals surface area contributed by atoms with Crippen molar-refractivity contribution in [1.29, 1.82) is 5.26 Å². The van der Waals surface area contributed by atoms with E-state index in [0.29, 0.717) is 10.6 Å². The van der Waals surface area contributed by atoms with E-state index in [1.54, 1.807) is 0 Å². The fourth-order valence-electron chi connectivity index (χ4n) is 4.23. The van der Waals surface area contributed by atoms with Crippen molar-refractivity contribution >= 4 is 23.4 Å². The zero-order valence-corrected chi connectivity index (χ0v) is 21.7. The van der Waals surface area contributed by atoms with Gasteiger partial charge in [0.25, 0.3) is 0 Å². The highest BCUT2D eigenvalue weighted by molar-refractivity contribution is 8.00. The summed E-state index contributed by atoms with van der Waals surface area (Å²) in [5, 5.41) is 13.7. The van der Waals surface area contributed by atoms with Gasteiger partial charge in [0.05, 0.1) is 17.0 Å². The Hall–Kier alpha value is -4.66. The molecule has 5 rings (SSSR count). The zero-order valence-electron chi connectivity index (χ0n) is 20.9. The van der Waals surface area contributed by atoms with Crippen LogP contribution in [-0.4, -0.2) is 16.6 Å². The van der Waals surface area contributed by atoms with Crippen LogP contribution >= 0.6 is 11.8 Å². The summed E-state index contributed by atoms with van der Waals surface area (Å²) >= 11 is 1.28. The van der Waals surface area contributed by atoms with Crippen LogP contribution in [0.3, 0.4) is 0 Å². The number of nitrogens with zero attached hydrogens (tertiary/aromatic N) is 2. The second kappa shape index (κ2) is 11.6. The van der Waals surface area contributed by atoms with Crippen LogP contribution in [0, 0.1) is 18.3 Å². The molecule has 0 radical (unpaired) electrons. The minimum Gasteiger partial charge on any atom is -0.325 e. The third kappa shape index (κ3) is 5.67. The maximum atomic E-state index is 13.1. The van der Waals surface area contributed by atoms with Gasteiger partial charge in [-0.15, -0.1) is 0 Å². The highest BCUT2D eigenvalue weighted by Crippen LogP contribution is 2.35. The number of amides is 1. The minimum absolute atomic E-state index is 0.121. The Labute approximate surface area is 227 Å². The number of benzene rings is 4. The molecule has 1 N–H and O–H groups in total. The average molecular weight is 512 g/mol. The van der Waals surface area contributed by atoms with Crippen molar-refractivity contribution in [3.05, 3.63) is 126 Å². The van der Waals surface area contributed by atoms with Crippen molar-refractivity contribution in [2.24, 2.45) is 0 Å². The third-order valence-corrected chi connectivity index (χ3v) is 7.13. The Bertz CT molecular complexity index is 1610. The van der Waals surface area contributed by atoms with Gasteiger partial charge >= 0.3 is 0 Å². The summed E-state index contributed by atoms with van der Waals surface area (Å²) in [5.74, 6) is -0.0396. The Kier molecular flexibility index (Phi) is 7.63. The van der Waals surface area contributed by atoms with Gasteiger partial charge in [-0.1, -0.05) is 120 Å². The third-order valence-electron chi connectivity index (χ3n) is 6.16. The number of carbonyl (C=O) groups is 1. The molecule has 1 aromatic heterocycles. The first-order chi connectivity index (χ1) is 18.6. The number of pyridine rings is 1. The van der Waals surface area contributed by atoms with Crippen LogP contribution in [0.25, 0.3) is 33.5 Å². The van der Waals surface area contributed by atoms with Gasteiger partial charge in [-0.2, -0.15) is 5.26 Å². The molecule has 0 bridgehead atoms. The number of para-hydroxylation sites is 1. The molecular weight excluding hydrogens is 486 g/mol. The van der Waals surface area contributed by atoms with Crippen LogP contribution < -0.4 is 5.32 Å². The lowest BCUT2D eigenvalue weighted by molar-refractivity contribution is -0.113. The molecule has 0 unspecified atom stereocenters. The van der Waals surface area contributed by atoms with E-state index in [1.165, 1.54) is 11.8 Å². The molecule has 0 fully saturated rings. The van der Waals surface area contributed by atoms with E-state index in [2.05, 4.69) is 11.4 Å². The summed E-state index contributed by atoms with van der Waals surface area (Å²) in [4.78, 5) is 17.9. The number of nitrogens with one attached hydrogen (secondary N) is 1. The van der Waals surface area contributed by atoms with Crippen molar-refractivity contribution < 1.29 is 4.79 Å². The number of nitriles is 1. The van der Waals surface area contributed by atoms with Gasteiger partial charge in [0.2, 0.25) is 5.91 Å². The van der Waals surface area contributed by atoms with E-state index in [1.807, 2.05) is 122 Å². The molecule has 4 aromatic carbocycles. The summed E-state index contributed by atoms with van der Waals surface area (Å²) in [6.07, 6.45) is 0. The lowest BCUT2D eigenvalue weighted by Crippen LogP contribution is -2.15. The normalized spacial score (nSPS) is 10.5. The van der Waals surface area contributed by atoms with E-state index < -0.39 is 0 Å². The maximum absolute atomic E-state index is 13.1. The number of aromatic nitrogens is 1. The number of rotatable bonds is 7. The number of aryl methyl sites for hydroxylation is 1. The van der Waals surface area contributed by atoms with Crippen LogP contribution in [0.5, 0.6) is 0 Å². The first-order valence-electron chi connectivity index (χ1n) is 12.3. The van der Waals surface area contributed by atoms with Crippen LogP contribution in [0.4, 0.5) is 5.69 Å². The topological polar surface area (TPSA) is 65.8 Å². The van der Waals surface area contributed by atoms with Gasteiger partial charge in [0.1, 0.15) is 11.1 Å². The minimum atomic E-state index is -0.161. The highest BCUT2D eigenvalue weighted by atomic mass is 32.2. The molecular formula is C33H25N3OS. The molecule has 5 aromatic rings. The fraction of sp³-hybridized carbons (Fsp3) is 0.0606. The van der Waals surface area contributed by atoms with E-state index in [-0.39, 0.29) is 11.7 Å². The molecule has 184 valence electrons. The molecule has 0 aliphatic heterocycles. The molecule has 1 heterocycles. The second-order valence-corrected chi connectivity index (χ2v) is 9.79. The van der Waals surface area contributed by atoms with E-state index in [9.17, 15) is 10.1 Å². The molecule has 0 spiro atoms. The maximum Gasteiger partial charge on any atom is 0.234 e. The number of carbonyl (C=O) groups excluding carboxylic acids is 1. The van der Waals surface area contributed by atoms with Crippen LogP contribution in [0.1, 0.15) is 11.1 Å². The van der Waals surface area contributed by atoms with Crippen LogP contribution in [0.15, 0.2) is 120 Å². The number of hydrogen-bond acceptors (Lipinski definition) is 4. The van der Waals surface area contributed by atoms with Gasteiger partial charge in [0, 0.05) is 22.4 Å². The lowest BCUT2D eigenvalue weighted by atomic mass is 9.98. The first-order valence-corrected chi connectivity index (χ1v) is 13.3. The van der Waals surface area contributed by atoms with Crippen molar-refractivity contribution in [2.45, 2.75) is 11.9 Å². The Morgan fingerprint density at radius 1 is 0.789 bits per heavy atom. The molecule has 0 saturated carbocycles. The lowest BCUT2D eigenvalue weighted by Gasteiger charge is -2.14. The van der Waals surface area contributed by atoms with E-state index >= 15 is 0 Å². The smallest absolute Gasteiger partial charge is 0.234 e. The predicted octanol–water partition coefficient (Wildman–Crippen LogP) is 7.99. The van der Waals surface area contributed by atoms with Crippen molar-refractivity contribution in [3.63, 3.8) is 0 Å². The molecule has 0 aliphatic carbocycles. The van der Waals surface area contributed by atoms with Crippen LogP contribution in [0.2, 0.25) is 0 Å². The molecule has 1 amide bonds. The van der Waals surface area contributed by atoms with E-state index in [4.69, 9.17) is 4.98 Å². The van der Waals surface area contributed by atoms with Crippen molar-refractivity contribution in [2.75, 3.05) is 11.1 Å². The SMILES string of the molecule is Cc1ccc(-c2cc(-c3ccccc3)nc(SCC(=O)Nc3ccccc3-c3ccccc3)c2C#N)cc1. The average Bonchev–Trinajstić information content (AvgIpc) is 2.97. The van der Waals surface area contributed by atoms with Gasteiger partial charge in [-0.05, 0) is 30.2 Å². The number of anilines is 1. The summed E-state index contributed by atoms with van der Waals surface area (Å²) in [6.45, 7) is 2.03. The van der Waals surface area contributed by atoms with Crippen molar-refractivity contribution in [1.82, 2.24) is 4.98 Å². The Balaban J connectivity index is 1.45. The summed E-state index contributed by atoms with van der Waals surface area (Å²) in [7, 11) is 0. The second-order valence-electron chi connectivity index (χ2n) is 8.83. The van der Waals surface area contributed by atoms with Gasteiger partial charge in [-0.3, -0.25) is 4.79 Å². The summed E-state index contributed by atoms with van der Waals surface area (Å²) < 4.78 is 0. The monoisotopic (exact) mass is 511 g/mol. The largest absolute Gasteiger partial charge is 0.325 e. The van der Waals surface area contributed by atoms with Gasteiger partial charge in [0.15, 0.2) is 0 Å². The summed E-state index contributed by atoms with van der Waals surface area (Å²) in [5.41, 5.74) is 7.80. The Morgan fingerprint density at radius 2 is 1.39 bits per heavy atom. The molecule has 0 atom stereocenters. The van der Waals surface area contributed by atoms with Crippen LogP contribution in [-0.2, 0) is 4.79 Å². The van der Waals surface area contributed by atoms with Gasteiger partial charge in [-0.25, -0.2) is 4.98 Å². The quantitative estimate of drug-likeness (QED) is 0.225. The first kappa shape index (κ1) is 25.0. The highest BCUT2D eigenvalue weighted by Gasteiger charge is 2.17. The predicted molar refractivity (Wildman–Crippen MR) is 156 cm³/mol. The molecule has 0 aliphatic rings. The molecule has 5 heteroatoms. The fourth-order valence-corrected chi connectivity index (χ4v) is 5.04.